The molecule has 30 heavy (non-hydrogen) atoms. The first-order valence-electron chi connectivity index (χ1n) is 11.2. The van der Waals surface area contributed by atoms with Crippen molar-refractivity contribution >= 4 is 49.0 Å². The Morgan fingerprint density at radius 1 is 0.867 bits per heavy atom. The van der Waals surface area contributed by atoms with Gasteiger partial charge >= 0.3 is 0 Å². The van der Waals surface area contributed by atoms with Gasteiger partial charge in [-0.2, -0.15) is 0 Å². The maximum atomic E-state index is 2.56. The van der Waals surface area contributed by atoms with E-state index in [0.717, 1.165) is 0 Å². The average Bonchev–Trinajstić information content (AvgIpc) is 3.41. The minimum atomic E-state index is 0.708. The highest BCUT2D eigenvalue weighted by molar-refractivity contribution is 6.25. The Hall–Kier alpha value is -3.13. The van der Waals surface area contributed by atoms with E-state index in [9.17, 15) is 0 Å². The van der Waals surface area contributed by atoms with E-state index in [2.05, 4.69) is 83.7 Å². The molecule has 0 bridgehead atoms. The second-order valence-corrected chi connectivity index (χ2v) is 9.27. The smallest absolute Gasteiger partial charge is 0.224 e. The monoisotopic (exact) mass is 389 g/mol. The van der Waals surface area contributed by atoms with E-state index >= 15 is 0 Å². The number of hydrogen-bond acceptors (Lipinski definition) is 0. The fourth-order valence-corrected chi connectivity index (χ4v) is 6.18. The number of hydrogen-bond donors (Lipinski definition) is 0. The van der Waals surface area contributed by atoms with Gasteiger partial charge in [0.2, 0.25) is 5.52 Å². The molecule has 146 valence electrons. The van der Waals surface area contributed by atoms with Crippen molar-refractivity contribution in [2.75, 3.05) is 0 Å². The summed E-state index contributed by atoms with van der Waals surface area (Å²) in [5, 5.41) is 6.87. The Balaban J connectivity index is 1.83. The Labute approximate surface area is 175 Å². The van der Waals surface area contributed by atoms with E-state index in [1.807, 2.05) is 0 Å². The second-order valence-electron chi connectivity index (χ2n) is 9.27. The number of fused-ring (bicyclic) bond motifs is 5. The van der Waals surface area contributed by atoms with Gasteiger partial charge in [-0.05, 0) is 54.3 Å². The van der Waals surface area contributed by atoms with Crippen molar-refractivity contribution < 1.29 is 4.57 Å². The molecule has 6 aromatic rings. The molecule has 0 aliphatic heterocycles. The van der Waals surface area contributed by atoms with E-state index in [-0.39, 0.29) is 0 Å². The standard InChI is InChI=1S/C28H25N2/c1-17-11-12-22-21-9-5-6-10-23(21)30-24-16-20(18-7-3-4-8-18)15-19-13-14-29(2)28(26(19)24)25(17)27(22)30/h5-6,9-16,18H,3-4,7-8H2,1-2H3/q+1. The molecule has 2 nitrogen and oxygen atoms in total. The summed E-state index contributed by atoms with van der Waals surface area (Å²) in [7, 11) is 2.19. The van der Waals surface area contributed by atoms with Gasteiger partial charge in [0.15, 0.2) is 6.20 Å². The average molecular weight is 390 g/mol. The molecule has 0 unspecified atom stereocenters. The van der Waals surface area contributed by atoms with Crippen LogP contribution in [0.5, 0.6) is 0 Å². The summed E-state index contributed by atoms with van der Waals surface area (Å²) in [6.45, 7) is 2.26. The van der Waals surface area contributed by atoms with Crippen LogP contribution < -0.4 is 4.57 Å². The zero-order valence-electron chi connectivity index (χ0n) is 17.6. The largest absolute Gasteiger partial charge is 0.307 e. The molecule has 0 radical (unpaired) electrons. The number of aromatic nitrogens is 2. The normalized spacial score (nSPS) is 15.7. The predicted molar refractivity (Wildman–Crippen MR) is 126 cm³/mol. The Morgan fingerprint density at radius 3 is 2.57 bits per heavy atom. The maximum Gasteiger partial charge on any atom is 0.224 e. The minimum Gasteiger partial charge on any atom is -0.307 e. The minimum absolute atomic E-state index is 0.708. The lowest BCUT2D eigenvalue weighted by Crippen LogP contribution is -2.29. The van der Waals surface area contributed by atoms with E-state index in [1.54, 1.807) is 0 Å². The summed E-state index contributed by atoms with van der Waals surface area (Å²) >= 11 is 0. The van der Waals surface area contributed by atoms with E-state index < -0.39 is 0 Å². The number of benzene rings is 3. The van der Waals surface area contributed by atoms with Gasteiger partial charge in [-0.15, -0.1) is 0 Å². The van der Waals surface area contributed by atoms with Crippen molar-refractivity contribution in [3.05, 3.63) is 71.9 Å². The molecule has 1 fully saturated rings. The van der Waals surface area contributed by atoms with Gasteiger partial charge in [0.05, 0.1) is 27.3 Å². The van der Waals surface area contributed by atoms with Crippen molar-refractivity contribution in [1.29, 1.82) is 0 Å². The first-order valence-corrected chi connectivity index (χ1v) is 11.2. The third-order valence-corrected chi connectivity index (χ3v) is 7.59. The van der Waals surface area contributed by atoms with Gasteiger partial charge in [-0.25, -0.2) is 4.57 Å². The highest BCUT2D eigenvalue weighted by Crippen LogP contribution is 2.43. The van der Waals surface area contributed by atoms with Gasteiger partial charge in [0.25, 0.3) is 0 Å². The van der Waals surface area contributed by atoms with Crippen molar-refractivity contribution in [2.45, 2.75) is 38.5 Å². The third-order valence-electron chi connectivity index (χ3n) is 7.59. The molecule has 1 aliphatic rings. The number of para-hydroxylation sites is 1. The van der Waals surface area contributed by atoms with Crippen LogP contribution in [0.2, 0.25) is 0 Å². The van der Waals surface area contributed by atoms with Gasteiger partial charge in [-0.1, -0.05) is 49.2 Å². The Kier molecular flexibility index (Phi) is 3.18. The van der Waals surface area contributed by atoms with Crippen LogP contribution >= 0.6 is 0 Å². The second kappa shape index (κ2) is 5.72. The summed E-state index contributed by atoms with van der Waals surface area (Å²) in [6, 6.07) is 20.8. The van der Waals surface area contributed by atoms with Gasteiger partial charge < -0.3 is 4.40 Å². The predicted octanol–water partition coefficient (Wildman–Crippen LogP) is 6.78. The quantitative estimate of drug-likeness (QED) is 0.166. The summed E-state index contributed by atoms with van der Waals surface area (Å²) in [5.41, 5.74) is 8.29. The lowest BCUT2D eigenvalue weighted by atomic mass is 9.92. The number of rotatable bonds is 1. The van der Waals surface area contributed by atoms with Crippen LogP contribution in [-0.4, -0.2) is 4.40 Å². The van der Waals surface area contributed by atoms with Gasteiger partial charge in [0, 0.05) is 16.8 Å². The molecule has 2 heteroatoms. The highest BCUT2D eigenvalue weighted by Gasteiger charge is 2.25. The lowest BCUT2D eigenvalue weighted by molar-refractivity contribution is -0.643. The molecule has 3 aromatic carbocycles. The third kappa shape index (κ3) is 1.97. The Morgan fingerprint density at radius 2 is 1.70 bits per heavy atom. The van der Waals surface area contributed by atoms with Crippen molar-refractivity contribution in [2.24, 2.45) is 7.05 Å². The molecule has 0 saturated heterocycles. The maximum absolute atomic E-state index is 2.56. The molecular weight excluding hydrogens is 364 g/mol. The molecule has 1 saturated carbocycles. The lowest BCUT2D eigenvalue weighted by Gasteiger charge is -2.16. The van der Waals surface area contributed by atoms with E-state index in [1.165, 1.54) is 85.8 Å². The molecular formula is C28H25N2+. The molecule has 0 amide bonds. The summed E-state index contributed by atoms with van der Waals surface area (Å²) in [6.07, 6.45) is 7.64. The first kappa shape index (κ1) is 16.6. The number of aryl methyl sites for hydroxylation is 2. The van der Waals surface area contributed by atoms with Crippen LogP contribution in [0.1, 0.15) is 42.7 Å². The molecule has 3 heterocycles. The van der Waals surface area contributed by atoms with Crippen LogP contribution in [0.25, 0.3) is 49.0 Å². The van der Waals surface area contributed by atoms with Crippen LogP contribution in [0.4, 0.5) is 0 Å². The first-order chi connectivity index (χ1) is 14.7. The van der Waals surface area contributed by atoms with E-state index in [4.69, 9.17) is 0 Å². The fraction of sp³-hybridized carbons (Fsp3) is 0.250. The van der Waals surface area contributed by atoms with Crippen LogP contribution in [-0.2, 0) is 7.05 Å². The van der Waals surface area contributed by atoms with Gasteiger partial charge in [-0.3, -0.25) is 0 Å². The molecule has 7 rings (SSSR count). The highest BCUT2D eigenvalue weighted by atomic mass is 15.0. The van der Waals surface area contributed by atoms with Crippen LogP contribution in [0.15, 0.2) is 60.8 Å². The van der Waals surface area contributed by atoms with Crippen LogP contribution in [0.3, 0.4) is 0 Å². The van der Waals surface area contributed by atoms with Crippen molar-refractivity contribution in [3.8, 4) is 0 Å². The number of nitrogens with zero attached hydrogens (tertiary/aromatic N) is 2. The van der Waals surface area contributed by atoms with Crippen LogP contribution in [0, 0.1) is 6.92 Å². The Bertz CT molecular complexity index is 1610. The molecule has 0 atom stereocenters. The fourth-order valence-electron chi connectivity index (χ4n) is 6.18. The summed E-state index contributed by atoms with van der Waals surface area (Å²) in [4.78, 5) is 0. The van der Waals surface area contributed by atoms with E-state index in [0.29, 0.717) is 5.92 Å². The molecule has 1 aliphatic carbocycles. The van der Waals surface area contributed by atoms with Gasteiger partial charge in [0.1, 0.15) is 7.05 Å². The summed E-state index contributed by atoms with van der Waals surface area (Å²) in [5.74, 6) is 0.708. The molecule has 0 N–H and O–H groups in total. The molecule has 3 aromatic heterocycles. The zero-order chi connectivity index (χ0) is 20.0. The zero-order valence-corrected chi connectivity index (χ0v) is 17.6. The topological polar surface area (TPSA) is 8.29 Å². The van der Waals surface area contributed by atoms with Crippen molar-refractivity contribution in [3.63, 3.8) is 0 Å². The number of pyridine rings is 2. The van der Waals surface area contributed by atoms with Crippen molar-refractivity contribution in [1.82, 2.24) is 4.40 Å². The SMILES string of the molecule is Cc1ccc2c3ccccc3n3c4cc(C5CCCC5)cc5cc[n+](C)c(c1c23)c54. The summed E-state index contributed by atoms with van der Waals surface area (Å²) < 4.78 is 4.88. The molecule has 0 spiro atoms.